The van der Waals surface area contributed by atoms with E-state index in [-0.39, 0.29) is 0 Å². The molecule has 23 heavy (non-hydrogen) atoms. The number of hydrogen-bond donors (Lipinski definition) is 0. The van der Waals surface area contributed by atoms with E-state index in [9.17, 15) is 0 Å². The first-order chi connectivity index (χ1) is 11.1. The lowest BCUT2D eigenvalue weighted by molar-refractivity contribution is -0.660. The highest BCUT2D eigenvalue weighted by molar-refractivity contribution is 5.73. The monoisotopic (exact) mass is 302 g/mol. The fraction of sp³-hybridized carbons (Fsp3) is 0.227. The predicted octanol–water partition coefficient (Wildman–Crippen LogP) is 5.28. The summed E-state index contributed by atoms with van der Waals surface area (Å²) in [7, 11) is 2.14. The summed E-state index contributed by atoms with van der Waals surface area (Å²) in [6.45, 7) is 6.69. The summed E-state index contributed by atoms with van der Waals surface area (Å²) in [6.07, 6.45) is 2.29. The van der Waals surface area contributed by atoms with Gasteiger partial charge in [0.05, 0.1) is 0 Å². The Balaban J connectivity index is 2.26. The van der Waals surface area contributed by atoms with Gasteiger partial charge in [-0.3, -0.25) is 0 Å². The van der Waals surface area contributed by atoms with Gasteiger partial charge < -0.3 is 0 Å². The molecule has 1 aromatic heterocycles. The molecule has 0 saturated heterocycles. The Hall–Kier alpha value is -2.41. The molecule has 0 radical (unpaired) electrons. The quantitative estimate of drug-likeness (QED) is 0.580. The molecule has 0 aliphatic carbocycles. The minimum atomic E-state index is 0.488. The number of nitrogens with zero attached hydrogens (tertiary/aromatic N) is 1. The van der Waals surface area contributed by atoms with Gasteiger partial charge in [-0.1, -0.05) is 62.4 Å². The number of benzene rings is 2. The summed E-state index contributed by atoms with van der Waals surface area (Å²) in [5.74, 6) is 0.488. The SMILES string of the molecule is Cc1ccccc1-c1cc(-c2ccccc2)c(C(C)C)c[n+]1C. The van der Waals surface area contributed by atoms with Gasteiger partial charge >= 0.3 is 0 Å². The van der Waals surface area contributed by atoms with Crippen molar-refractivity contribution in [2.45, 2.75) is 26.7 Å². The first-order valence-electron chi connectivity index (χ1n) is 8.23. The first-order valence-corrected chi connectivity index (χ1v) is 8.23. The maximum atomic E-state index is 2.34. The zero-order valence-corrected chi connectivity index (χ0v) is 14.4. The fourth-order valence-electron chi connectivity index (χ4n) is 3.13. The zero-order valence-electron chi connectivity index (χ0n) is 14.4. The molecule has 3 rings (SSSR count). The molecule has 0 fully saturated rings. The van der Waals surface area contributed by atoms with Gasteiger partial charge in [0, 0.05) is 17.2 Å². The predicted molar refractivity (Wildman–Crippen MR) is 97.3 cm³/mol. The average Bonchev–Trinajstić information content (AvgIpc) is 2.56. The van der Waals surface area contributed by atoms with Crippen molar-refractivity contribution in [1.29, 1.82) is 0 Å². The van der Waals surface area contributed by atoms with E-state index in [1.165, 1.54) is 33.5 Å². The number of aromatic nitrogens is 1. The Kier molecular flexibility index (Phi) is 4.29. The maximum Gasteiger partial charge on any atom is 0.213 e. The van der Waals surface area contributed by atoms with Gasteiger partial charge in [-0.2, -0.15) is 0 Å². The van der Waals surface area contributed by atoms with Crippen LogP contribution < -0.4 is 4.57 Å². The summed E-state index contributed by atoms with van der Waals surface area (Å²) in [4.78, 5) is 0. The van der Waals surface area contributed by atoms with Crippen LogP contribution in [0.5, 0.6) is 0 Å². The maximum absolute atomic E-state index is 2.34. The van der Waals surface area contributed by atoms with Crippen molar-refractivity contribution in [2.24, 2.45) is 7.05 Å². The van der Waals surface area contributed by atoms with E-state index in [0.29, 0.717) is 5.92 Å². The van der Waals surface area contributed by atoms with Crippen LogP contribution in [0.4, 0.5) is 0 Å². The van der Waals surface area contributed by atoms with E-state index in [0.717, 1.165) is 0 Å². The van der Waals surface area contributed by atoms with Gasteiger partial charge in [-0.05, 0) is 35.6 Å². The van der Waals surface area contributed by atoms with Gasteiger partial charge in [-0.25, -0.2) is 4.57 Å². The molecule has 0 aliphatic rings. The Morgan fingerprint density at radius 2 is 1.48 bits per heavy atom. The van der Waals surface area contributed by atoms with Crippen LogP contribution in [0, 0.1) is 6.92 Å². The third-order valence-corrected chi connectivity index (χ3v) is 4.43. The largest absolute Gasteiger partial charge is 0.213 e. The molecule has 1 nitrogen and oxygen atoms in total. The lowest BCUT2D eigenvalue weighted by Gasteiger charge is -2.14. The molecule has 0 bridgehead atoms. The second kappa shape index (κ2) is 6.37. The van der Waals surface area contributed by atoms with Crippen molar-refractivity contribution in [3.05, 3.63) is 78.0 Å². The topological polar surface area (TPSA) is 3.88 Å². The van der Waals surface area contributed by atoms with Gasteiger partial charge in [0.25, 0.3) is 0 Å². The molecule has 1 heterocycles. The van der Waals surface area contributed by atoms with Gasteiger partial charge in [0.2, 0.25) is 5.69 Å². The molecular weight excluding hydrogens is 278 g/mol. The summed E-state index contributed by atoms with van der Waals surface area (Å²) >= 11 is 0. The molecule has 0 spiro atoms. The summed E-state index contributed by atoms with van der Waals surface area (Å²) in [5.41, 5.74) is 7.85. The molecule has 0 unspecified atom stereocenters. The molecule has 0 aliphatic heterocycles. The average molecular weight is 302 g/mol. The zero-order chi connectivity index (χ0) is 16.4. The highest BCUT2D eigenvalue weighted by Gasteiger charge is 2.19. The highest BCUT2D eigenvalue weighted by atomic mass is 14.9. The Labute approximate surface area is 139 Å². The lowest BCUT2D eigenvalue weighted by Crippen LogP contribution is -2.32. The molecule has 0 saturated carbocycles. The number of aryl methyl sites for hydroxylation is 2. The smallest absolute Gasteiger partial charge is 0.201 e. The van der Waals surface area contributed by atoms with E-state index < -0.39 is 0 Å². The van der Waals surface area contributed by atoms with E-state index in [1.54, 1.807) is 0 Å². The van der Waals surface area contributed by atoms with Crippen LogP contribution in [-0.4, -0.2) is 0 Å². The minimum absolute atomic E-state index is 0.488. The van der Waals surface area contributed by atoms with Crippen molar-refractivity contribution in [2.75, 3.05) is 0 Å². The van der Waals surface area contributed by atoms with Crippen LogP contribution in [0.25, 0.3) is 22.4 Å². The number of hydrogen-bond acceptors (Lipinski definition) is 0. The molecular formula is C22H24N+. The van der Waals surface area contributed by atoms with E-state index in [1.807, 2.05) is 0 Å². The van der Waals surface area contributed by atoms with Crippen molar-refractivity contribution in [3.63, 3.8) is 0 Å². The minimum Gasteiger partial charge on any atom is -0.201 e. The lowest BCUT2D eigenvalue weighted by atomic mass is 9.92. The van der Waals surface area contributed by atoms with Gasteiger partial charge in [-0.15, -0.1) is 0 Å². The Morgan fingerprint density at radius 3 is 2.13 bits per heavy atom. The number of pyridine rings is 1. The molecule has 116 valence electrons. The normalized spacial score (nSPS) is 11.0. The molecule has 0 N–H and O–H groups in total. The van der Waals surface area contributed by atoms with Crippen LogP contribution in [0.1, 0.15) is 30.9 Å². The first kappa shape index (κ1) is 15.5. The molecule has 2 aromatic carbocycles. The van der Waals surface area contributed by atoms with E-state index >= 15 is 0 Å². The van der Waals surface area contributed by atoms with Crippen LogP contribution in [-0.2, 0) is 7.05 Å². The van der Waals surface area contributed by atoms with Crippen molar-refractivity contribution in [3.8, 4) is 22.4 Å². The van der Waals surface area contributed by atoms with Crippen LogP contribution in [0.15, 0.2) is 66.9 Å². The van der Waals surface area contributed by atoms with Crippen molar-refractivity contribution < 1.29 is 4.57 Å². The molecule has 3 aromatic rings. The van der Waals surface area contributed by atoms with Crippen LogP contribution >= 0.6 is 0 Å². The second-order valence-corrected chi connectivity index (χ2v) is 6.47. The highest BCUT2D eigenvalue weighted by Crippen LogP contribution is 2.31. The third-order valence-electron chi connectivity index (χ3n) is 4.43. The summed E-state index contributed by atoms with van der Waals surface area (Å²) < 4.78 is 2.25. The standard InChI is InChI=1S/C22H24N/c1-16(2)21-15-23(4)22(19-13-9-8-10-17(19)3)14-20(21)18-11-6-5-7-12-18/h5-16H,1-4H3/q+1. The van der Waals surface area contributed by atoms with Gasteiger partial charge in [0.15, 0.2) is 6.20 Å². The van der Waals surface area contributed by atoms with Crippen molar-refractivity contribution in [1.82, 2.24) is 0 Å². The summed E-state index contributed by atoms with van der Waals surface area (Å²) in [5, 5.41) is 0. The van der Waals surface area contributed by atoms with Crippen LogP contribution in [0.2, 0.25) is 0 Å². The van der Waals surface area contributed by atoms with E-state index in [4.69, 9.17) is 0 Å². The van der Waals surface area contributed by atoms with Crippen molar-refractivity contribution >= 4 is 0 Å². The molecule has 0 amide bonds. The second-order valence-electron chi connectivity index (χ2n) is 6.47. The summed E-state index contributed by atoms with van der Waals surface area (Å²) in [6, 6.07) is 21.6. The molecule has 0 atom stereocenters. The fourth-order valence-corrected chi connectivity index (χ4v) is 3.13. The third kappa shape index (κ3) is 3.05. The van der Waals surface area contributed by atoms with Gasteiger partial charge in [0.1, 0.15) is 7.05 Å². The Bertz CT molecular complexity index is 817. The van der Waals surface area contributed by atoms with Crippen LogP contribution in [0.3, 0.4) is 0 Å². The number of rotatable bonds is 3. The molecule has 1 heteroatoms. The Morgan fingerprint density at radius 1 is 0.826 bits per heavy atom. The van der Waals surface area contributed by atoms with E-state index in [2.05, 4.69) is 99.2 Å².